The molecule has 0 aliphatic carbocycles. The van der Waals surface area contributed by atoms with E-state index in [0.29, 0.717) is 5.56 Å². The number of halogens is 2. The number of carbonyl (C=O) groups is 3. The monoisotopic (exact) mass is 1690 g/mol. The molecule has 20 heteroatoms. The van der Waals surface area contributed by atoms with Crippen molar-refractivity contribution >= 4 is 49.8 Å². The molecular formula is C97H80Br2O18. The summed E-state index contributed by atoms with van der Waals surface area (Å²) in [4.78, 5) is 48.8. The van der Waals surface area contributed by atoms with Gasteiger partial charge in [0.2, 0.25) is 29.6 Å². The van der Waals surface area contributed by atoms with Gasteiger partial charge >= 0.3 is 17.9 Å². The maximum absolute atomic E-state index is 16.4. The van der Waals surface area contributed by atoms with Crippen LogP contribution in [0.15, 0.2) is 337 Å². The average molecular weight is 1690 g/mol. The van der Waals surface area contributed by atoms with Gasteiger partial charge in [-0.2, -0.15) is 0 Å². The van der Waals surface area contributed by atoms with E-state index < -0.39 is 54.9 Å². The van der Waals surface area contributed by atoms with Crippen LogP contribution in [0, 0.1) is 0 Å². The first-order chi connectivity index (χ1) is 57.6. The molecule has 0 aromatic heterocycles. The third-order valence-corrected chi connectivity index (χ3v) is 20.7. The van der Waals surface area contributed by atoms with Gasteiger partial charge in [0.25, 0.3) is 0 Å². The first-order valence-corrected chi connectivity index (χ1v) is 39.7. The van der Waals surface area contributed by atoms with Crippen molar-refractivity contribution in [3.05, 3.63) is 409 Å². The molecule has 2 saturated heterocycles. The van der Waals surface area contributed by atoms with Gasteiger partial charge in [0, 0.05) is 5.56 Å². The van der Waals surface area contributed by atoms with E-state index >= 15 is 14.4 Å². The highest BCUT2D eigenvalue weighted by molar-refractivity contribution is 9.11. The van der Waals surface area contributed by atoms with E-state index in [2.05, 4.69) is 31.9 Å². The summed E-state index contributed by atoms with van der Waals surface area (Å²) in [6, 6.07) is 101. The molecule has 6 atom stereocenters. The Morgan fingerprint density at radius 1 is 0.291 bits per heavy atom. The number of benzene rings is 13. The molecule has 117 heavy (non-hydrogen) atoms. The Hall–Kier alpha value is -12.7. The molecule has 0 saturated carbocycles. The molecular weight excluding hydrogens is 1610 g/mol. The third-order valence-electron chi connectivity index (χ3n) is 19.1. The highest BCUT2D eigenvalue weighted by Gasteiger charge is 2.56. The van der Waals surface area contributed by atoms with Crippen molar-refractivity contribution in [2.75, 3.05) is 6.61 Å². The summed E-state index contributed by atoms with van der Waals surface area (Å²) in [6.07, 6.45) is -9.41. The Morgan fingerprint density at radius 2 is 0.564 bits per heavy atom. The van der Waals surface area contributed by atoms with E-state index in [4.69, 9.17) is 71.1 Å². The number of esters is 3. The number of hydrogen-bond acceptors (Lipinski definition) is 18. The Bertz CT molecular complexity index is 5340. The van der Waals surface area contributed by atoms with E-state index in [9.17, 15) is 0 Å². The Kier molecular flexibility index (Phi) is 26.9. The number of fused-ring (bicyclic) bond motifs is 1. The highest BCUT2D eigenvalue weighted by Crippen LogP contribution is 2.50. The van der Waals surface area contributed by atoms with Crippen molar-refractivity contribution in [1.29, 1.82) is 0 Å². The summed E-state index contributed by atoms with van der Waals surface area (Å²) in [6.45, 7) is 0.110. The van der Waals surface area contributed by atoms with E-state index in [1.165, 1.54) is 24.3 Å². The van der Waals surface area contributed by atoms with Crippen molar-refractivity contribution in [2.45, 2.75) is 96.5 Å². The zero-order chi connectivity index (χ0) is 79.9. The van der Waals surface area contributed by atoms with E-state index in [-0.39, 0.29) is 143 Å². The molecule has 13 aromatic carbocycles. The molecule has 0 bridgehead atoms. The normalized spacial score (nSPS) is 16.1. The summed E-state index contributed by atoms with van der Waals surface area (Å²) in [5.41, 5.74) is 7.49. The number of hydrogen-bond donors (Lipinski definition) is 0. The van der Waals surface area contributed by atoms with Crippen LogP contribution in [0.3, 0.4) is 0 Å². The predicted octanol–water partition coefficient (Wildman–Crippen LogP) is 20.9. The molecule has 0 radical (unpaired) electrons. The van der Waals surface area contributed by atoms with Gasteiger partial charge in [0.15, 0.2) is 46.9 Å². The number of carbonyl (C=O) groups excluding carboxylic acids is 3. The lowest BCUT2D eigenvalue weighted by atomic mass is 9.96. The second-order valence-corrected chi connectivity index (χ2v) is 29.0. The van der Waals surface area contributed by atoms with Crippen molar-refractivity contribution in [2.24, 2.45) is 0 Å². The second kappa shape index (κ2) is 39.6. The van der Waals surface area contributed by atoms with Crippen LogP contribution in [0.1, 0.15) is 93.0 Å². The molecule has 0 N–H and O–H groups in total. The van der Waals surface area contributed by atoms with Crippen LogP contribution in [-0.2, 0) is 87.9 Å². The zero-order valence-electron chi connectivity index (χ0n) is 63.3. The fourth-order valence-corrected chi connectivity index (χ4v) is 14.2. The summed E-state index contributed by atoms with van der Waals surface area (Å²) in [7, 11) is 0. The third kappa shape index (κ3) is 20.9. The fourth-order valence-electron chi connectivity index (χ4n) is 13.1. The summed E-state index contributed by atoms with van der Waals surface area (Å²) < 4.78 is 102. The Morgan fingerprint density at radius 3 is 0.889 bits per heavy atom. The van der Waals surface area contributed by atoms with Gasteiger partial charge in [0.1, 0.15) is 71.7 Å². The lowest BCUT2D eigenvalue weighted by molar-refractivity contribution is -0.351. The minimum atomic E-state index is -1.97. The molecule has 2 aliphatic heterocycles. The molecule has 15 rings (SSSR count). The maximum atomic E-state index is 16.4. The minimum absolute atomic E-state index is 0.00119. The average Bonchev–Trinajstić information content (AvgIpc) is 0.755. The standard InChI is InChI=1S/C97H80Br2O18/c98-83-76(53-80(105-57-67-35-15-3-16-36-67)86(108-60-70-41-21-6-22-42-70)89(83)110-62-72-45-25-8-26-46-72)94(101)114-91-88-82(64-112-96(116-88)74-49-29-10-30-50-74)113-97(117-93(100)75-51-78(103-55-65-31-11-1-12-32-65)85(107-59-69-39-19-5-20-40-69)79(52-75)104-56-66-33-13-2-14-34-66)92(91)115-95(102)77-54-81(106-58-68-37-17-4-18-38-68)87(109-61-71-43-23-7-24-44-71)90(84(77)99)111-63-73-47-27-9-28-48-73/h1-54,82,88,91-92,96-97H,55-64H2/t82?,88?,91-,92?,96?,97?/m0/s1. The SMILES string of the molecule is O=C(OC1OC2COC(c3ccccc3)OC2[C@H](OC(=O)c2cc(OCc3ccccc3)c(OCc3ccccc3)c(OCc3ccccc3)c2Br)C1OC(=O)c1cc(OCc2ccccc2)c(OCc2ccccc2)c(OCc2ccccc2)c1Br)c1cc(OCc2ccccc2)c(OCc2ccccc2)c(OCc2ccccc2)c1. The van der Waals surface area contributed by atoms with Crippen LogP contribution in [0.5, 0.6) is 51.7 Å². The number of rotatable bonds is 34. The molecule has 0 spiro atoms. The van der Waals surface area contributed by atoms with Crippen molar-refractivity contribution < 1.29 is 85.4 Å². The number of ether oxygens (including phenoxy) is 15. The van der Waals surface area contributed by atoms with Gasteiger partial charge in [-0.05, 0) is 106 Å². The Labute approximate surface area is 694 Å². The first-order valence-electron chi connectivity index (χ1n) is 38.1. The smallest absolute Gasteiger partial charge is 0.340 e. The summed E-state index contributed by atoms with van der Waals surface area (Å²) in [5, 5.41) is 0. The van der Waals surface area contributed by atoms with Gasteiger partial charge in [-0.15, -0.1) is 0 Å². The summed E-state index contributed by atoms with van der Waals surface area (Å²) in [5.74, 6) is -2.05. The minimum Gasteiger partial charge on any atom is -0.485 e. The largest absolute Gasteiger partial charge is 0.485 e. The van der Waals surface area contributed by atoms with Crippen LogP contribution >= 0.6 is 31.9 Å². The van der Waals surface area contributed by atoms with Crippen LogP contribution in [-0.4, -0.2) is 55.2 Å². The molecule has 2 heterocycles. The lowest BCUT2D eigenvalue weighted by Crippen LogP contribution is -2.64. The summed E-state index contributed by atoms with van der Waals surface area (Å²) >= 11 is 7.64. The van der Waals surface area contributed by atoms with E-state index in [0.717, 1.165) is 50.1 Å². The maximum Gasteiger partial charge on any atom is 0.340 e. The molecule has 13 aromatic rings. The highest BCUT2D eigenvalue weighted by atomic mass is 79.9. The molecule has 5 unspecified atom stereocenters. The van der Waals surface area contributed by atoms with Gasteiger partial charge in [-0.3, -0.25) is 0 Å². The fraction of sp³-hybridized carbons (Fsp3) is 0.165. The van der Waals surface area contributed by atoms with Crippen molar-refractivity contribution in [1.82, 2.24) is 0 Å². The molecule has 18 nitrogen and oxygen atoms in total. The van der Waals surface area contributed by atoms with Crippen molar-refractivity contribution in [3.8, 4) is 51.7 Å². The van der Waals surface area contributed by atoms with Gasteiger partial charge < -0.3 is 71.1 Å². The van der Waals surface area contributed by atoms with E-state index in [1.807, 2.05) is 303 Å². The molecule has 590 valence electrons. The molecule has 0 amide bonds. The zero-order valence-corrected chi connectivity index (χ0v) is 66.5. The van der Waals surface area contributed by atoms with E-state index in [1.54, 1.807) is 0 Å². The molecule has 2 fully saturated rings. The van der Waals surface area contributed by atoms with Gasteiger partial charge in [0.05, 0.1) is 32.2 Å². The first kappa shape index (κ1) is 79.5. The second-order valence-electron chi connectivity index (χ2n) is 27.4. The van der Waals surface area contributed by atoms with Crippen LogP contribution in [0.25, 0.3) is 0 Å². The Balaban J connectivity index is 0.878. The van der Waals surface area contributed by atoms with Crippen LogP contribution in [0.4, 0.5) is 0 Å². The predicted molar refractivity (Wildman–Crippen MR) is 444 cm³/mol. The van der Waals surface area contributed by atoms with Gasteiger partial charge in [-0.25, -0.2) is 14.4 Å². The molecule has 2 aliphatic rings. The van der Waals surface area contributed by atoms with Gasteiger partial charge in [-0.1, -0.05) is 303 Å². The van der Waals surface area contributed by atoms with Crippen molar-refractivity contribution in [3.63, 3.8) is 0 Å². The van der Waals surface area contributed by atoms with Crippen LogP contribution in [0.2, 0.25) is 0 Å². The van der Waals surface area contributed by atoms with Crippen LogP contribution < -0.4 is 42.6 Å². The topological polar surface area (TPSA) is 190 Å². The quantitative estimate of drug-likeness (QED) is 0.0273. The lowest BCUT2D eigenvalue weighted by Gasteiger charge is -2.47.